The van der Waals surface area contributed by atoms with Crippen molar-refractivity contribution in [1.82, 2.24) is 5.32 Å². The van der Waals surface area contributed by atoms with Crippen LogP contribution in [0.25, 0.3) is 0 Å². The van der Waals surface area contributed by atoms with Crippen molar-refractivity contribution >= 4 is 0 Å². The molecule has 1 N–H and O–H groups in total. The highest BCUT2D eigenvalue weighted by atomic mass is 16.5. The maximum Gasteiger partial charge on any atom is 0.138 e. The number of hydrogen-bond acceptors (Lipinski definition) is 4. The average Bonchev–Trinajstić information content (AvgIpc) is 2.44. The number of methoxy groups -OCH3 is 1. The van der Waals surface area contributed by atoms with E-state index in [1.165, 1.54) is 0 Å². The van der Waals surface area contributed by atoms with Crippen LogP contribution in [0, 0.1) is 11.3 Å². The summed E-state index contributed by atoms with van der Waals surface area (Å²) in [5.41, 5.74) is 0.313. The molecule has 0 amide bonds. The van der Waals surface area contributed by atoms with Crippen LogP contribution in [-0.2, 0) is 5.41 Å². The van der Waals surface area contributed by atoms with E-state index >= 15 is 0 Å². The molecule has 116 valence electrons. The van der Waals surface area contributed by atoms with E-state index in [4.69, 9.17) is 9.47 Å². The van der Waals surface area contributed by atoms with Crippen LogP contribution >= 0.6 is 0 Å². The van der Waals surface area contributed by atoms with E-state index in [1.807, 2.05) is 32.0 Å². The second-order valence-electron chi connectivity index (χ2n) is 6.38. The smallest absolute Gasteiger partial charge is 0.138 e. The predicted octanol–water partition coefficient (Wildman–Crippen LogP) is 3.26. The summed E-state index contributed by atoms with van der Waals surface area (Å²) in [5, 5.41) is 12.4. The van der Waals surface area contributed by atoms with E-state index in [0.29, 0.717) is 6.61 Å². The van der Waals surface area contributed by atoms with Gasteiger partial charge in [-0.3, -0.25) is 5.32 Å². The van der Waals surface area contributed by atoms with Gasteiger partial charge in [0.15, 0.2) is 0 Å². The van der Waals surface area contributed by atoms with Crippen LogP contribution in [0.1, 0.15) is 40.2 Å². The van der Waals surface area contributed by atoms with Gasteiger partial charge in [-0.15, -0.1) is 0 Å². The van der Waals surface area contributed by atoms with Crippen molar-refractivity contribution < 1.29 is 9.47 Å². The van der Waals surface area contributed by atoms with Crippen LogP contribution in [-0.4, -0.2) is 25.8 Å². The predicted molar refractivity (Wildman–Crippen MR) is 84.9 cm³/mol. The van der Waals surface area contributed by atoms with Gasteiger partial charge in [0, 0.05) is 5.56 Å². The second kappa shape index (κ2) is 6.82. The Kier molecular flexibility index (Phi) is 5.62. The zero-order chi connectivity index (χ0) is 16.1. The van der Waals surface area contributed by atoms with Crippen molar-refractivity contribution in [2.45, 2.75) is 45.6 Å². The Morgan fingerprint density at radius 3 is 2.38 bits per heavy atom. The summed E-state index contributed by atoms with van der Waals surface area (Å²) in [6.45, 7) is 11.2. The summed E-state index contributed by atoms with van der Waals surface area (Å²) in [4.78, 5) is 0. The van der Waals surface area contributed by atoms with E-state index in [9.17, 15) is 5.26 Å². The molecular formula is C17H26N2O2. The molecule has 0 aliphatic rings. The highest BCUT2D eigenvalue weighted by Gasteiger charge is 2.26. The topological polar surface area (TPSA) is 54.3 Å². The van der Waals surface area contributed by atoms with Crippen molar-refractivity contribution in [3.05, 3.63) is 23.8 Å². The molecule has 4 nitrogen and oxygen atoms in total. The molecule has 1 aromatic carbocycles. The Bertz CT molecular complexity index is 515. The standard InChI is InChI=1S/C17H26N2O2/c1-7-19-17(5,11-18)12-21-15-9-8-13(20-6)10-14(15)16(2,3)4/h8-10,19H,7,12H2,1-6H3. The Labute approximate surface area is 128 Å². The Balaban J connectivity index is 3.01. The van der Waals surface area contributed by atoms with Crippen LogP contribution < -0.4 is 14.8 Å². The molecule has 0 radical (unpaired) electrons. The SMILES string of the molecule is CCNC(C)(C#N)COc1ccc(OC)cc1C(C)(C)C. The fraction of sp³-hybridized carbons (Fsp3) is 0.588. The van der Waals surface area contributed by atoms with E-state index in [2.05, 4.69) is 32.2 Å². The van der Waals surface area contributed by atoms with E-state index in [1.54, 1.807) is 7.11 Å². The summed E-state index contributed by atoms with van der Waals surface area (Å²) in [6, 6.07) is 8.04. The molecular weight excluding hydrogens is 264 g/mol. The first kappa shape index (κ1) is 17.3. The quantitative estimate of drug-likeness (QED) is 0.873. The molecule has 0 aliphatic carbocycles. The number of nitrogens with one attached hydrogen (secondary N) is 1. The molecule has 0 saturated heterocycles. The molecule has 1 rings (SSSR count). The normalized spacial score (nSPS) is 14.1. The number of benzene rings is 1. The molecule has 0 aromatic heterocycles. The van der Waals surface area contributed by atoms with E-state index < -0.39 is 5.54 Å². The fourth-order valence-corrected chi connectivity index (χ4v) is 2.08. The third-order valence-electron chi connectivity index (χ3n) is 3.32. The lowest BCUT2D eigenvalue weighted by molar-refractivity contribution is 0.231. The lowest BCUT2D eigenvalue weighted by Gasteiger charge is -2.27. The number of rotatable bonds is 6. The van der Waals surface area contributed by atoms with Crippen molar-refractivity contribution in [2.75, 3.05) is 20.3 Å². The number of ether oxygens (including phenoxy) is 2. The first-order valence-electron chi connectivity index (χ1n) is 7.23. The summed E-state index contributed by atoms with van der Waals surface area (Å²) in [6.07, 6.45) is 0. The van der Waals surface area contributed by atoms with Crippen LogP contribution in [0.15, 0.2) is 18.2 Å². The third-order valence-corrected chi connectivity index (χ3v) is 3.32. The zero-order valence-corrected chi connectivity index (χ0v) is 13.9. The summed E-state index contributed by atoms with van der Waals surface area (Å²) in [5.74, 6) is 1.60. The van der Waals surface area contributed by atoms with Crippen molar-refractivity contribution in [2.24, 2.45) is 0 Å². The van der Waals surface area contributed by atoms with Gasteiger partial charge < -0.3 is 9.47 Å². The number of hydrogen-bond donors (Lipinski definition) is 1. The third kappa shape index (κ3) is 4.64. The maximum absolute atomic E-state index is 9.29. The first-order chi connectivity index (χ1) is 9.75. The summed E-state index contributed by atoms with van der Waals surface area (Å²) >= 11 is 0. The van der Waals surface area contributed by atoms with Crippen molar-refractivity contribution in [3.63, 3.8) is 0 Å². The fourth-order valence-electron chi connectivity index (χ4n) is 2.08. The minimum Gasteiger partial charge on any atom is -0.497 e. The minimum atomic E-state index is -0.691. The molecule has 1 unspecified atom stereocenters. The van der Waals surface area contributed by atoms with Crippen LogP contribution in [0.4, 0.5) is 0 Å². The van der Waals surface area contributed by atoms with Gasteiger partial charge in [-0.1, -0.05) is 27.7 Å². The van der Waals surface area contributed by atoms with Gasteiger partial charge in [0.2, 0.25) is 0 Å². The van der Waals surface area contributed by atoms with E-state index in [-0.39, 0.29) is 5.41 Å². The van der Waals surface area contributed by atoms with Gasteiger partial charge >= 0.3 is 0 Å². The lowest BCUT2D eigenvalue weighted by Crippen LogP contribution is -2.46. The van der Waals surface area contributed by atoms with E-state index in [0.717, 1.165) is 23.6 Å². The molecule has 0 spiro atoms. The molecule has 1 aromatic rings. The molecule has 1 atom stereocenters. The molecule has 0 heterocycles. The number of nitrogens with zero attached hydrogens (tertiary/aromatic N) is 1. The van der Waals surface area contributed by atoms with Crippen LogP contribution in [0.2, 0.25) is 0 Å². The van der Waals surface area contributed by atoms with Crippen molar-refractivity contribution in [3.8, 4) is 17.6 Å². The molecule has 0 saturated carbocycles. The maximum atomic E-state index is 9.29. The van der Waals surface area contributed by atoms with Crippen molar-refractivity contribution in [1.29, 1.82) is 5.26 Å². The molecule has 0 bridgehead atoms. The molecule has 4 heteroatoms. The summed E-state index contributed by atoms with van der Waals surface area (Å²) < 4.78 is 11.2. The number of nitriles is 1. The lowest BCUT2D eigenvalue weighted by atomic mass is 9.86. The largest absolute Gasteiger partial charge is 0.497 e. The Hall–Kier alpha value is -1.73. The molecule has 21 heavy (non-hydrogen) atoms. The van der Waals surface area contributed by atoms with Gasteiger partial charge in [-0.2, -0.15) is 5.26 Å². The van der Waals surface area contributed by atoms with Gasteiger partial charge in [-0.25, -0.2) is 0 Å². The minimum absolute atomic E-state index is 0.0644. The Morgan fingerprint density at radius 1 is 1.24 bits per heavy atom. The van der Waals surface area contributed by atoms with Crippen LogP contribution in [0.3, 0.4) is 0 Å². The highest BCUT2D eigenvalue weighted by Crippen LogP contribution is 2.34. The van der Waals surface area contributed by atoms with Gasteiger partial charge in [0.1, 0.15) is 23.6 Å². The zero-order valence-electron chi connectivity index (χ0n) is 13.9. The van der Waals surface area contributed by atoms with Crippen LogP contribution in [0.5, 0.6) is 11.5 Å². The van der Waals surface area contributed by atoms with Gasteiger partial charge in [0.05, 0.1) is 13.2 Å². The highest BCUT2D eigenvalue weighted by molar-refractivity contribution is 5.44. The average molecular weight is 290 g/mol. The monoisotopic (exact) mass is 290 g/mol. The van der Waals surface area contributed by atoms with Gasteiger partial charge in [-0.05, 0) is 37.1 Å². The first-order valence-corrected chi connectivity index (χ1v) is 7.23. The number of likely N-dealkylation sites (N-methyl/N-ethyl adjacent to an activating group) is 1. The van der Waals surface area contributed by atoms with Gasteiger partial charge in [0.25, 0.3) is 0 Å². The second-order valence-corrected chi connectivity index (χ2v) is 6.38. The molecule has 0 aliphatic heterocycles. The molecule has 0 fully saturated rings. The summed E-state index contributed by atoms with van der Waals surface area (Å²) in [7, 11) is 1.65. The Morgan fingerprint density at radius 2 is 1.90 bits per heavy atom.